The first-order valence-corrected chi connectivity index (χ1v) is 11.8. The highest BCUT2D eigenvalue weighted by molar-refractivity contribution is 8.00. The van der Waals surface area contributed by atoms with E-state index in [0.717, 1.165) is 46.0 Å². The molecule has 6 aliphatic rings. The van der Waals surface area contributed by atoms with Crippen LogP contribution in [0.3, 0.4) is 0 Å². The highest BCUT2D eigenvalue weighted by Crippen LogP contribution is 2.71. The van der Waals surface area contributed by atoms with Crippen LogP contribution in [0.5, 0.6) is 0 Å². The molecule has 6 rings (SSSR count). The van der Waals surface area contributed by atoms with Gasteiger partial charge in [-0.15, -0.1) is 12.6 Å². The largest absolute Gasteiger partial charge is 0.176 e. The number of thiol groups is 2. The summed E-state index contributed by atoms with van der Waals surface area (Å²) in [5, 5.41) is 2.67. The number of allylic oxidation sites excluding steroid dienone is 2. The lowest BCUT2D eigenvalue weighted by Gasteiger charge is -2.39. The lowest BCUT2D eigenvalue weighted by atomic mass is 9.80. The molecule has 3 heteroatoms. The van der Waals surface area contributed by atoms with E-state index in [9.17, 15) is 0 Å². The number of hydrogen-bond donors (Lipinski definition) is 2. The third kappa shape index (κ3) is 1.91. The van der Waals surface area contributed by atoms with Crippen LogP contribution in [-0.4, -0.2) is 15.7 Å². The molecule has 0 aromatic carbocycles. The van der Waals surface area contributed by atoms with Gasteiger partial charge in [0.1, 0.15) is 0 Å². The average molecular weight is 365 g/mol. The second kappa shape index (κ2) is 4.94. The Labute approximate surface area is 155 Å². The summed E-state index contributed by atoms with van der Waals surface area (Å²) in [6.45, 7) is 0. The van der Waals surface area contributed by atoms with E-state index in [1.807, 2.05) is 0 Å². The van der Waals surface area contributed by atoms with Gasteiger partial charge in [-0.05, 0) is 97.2 Å². The van der Waals surface area contributed by atoms with E-state index in [4.69, 9.17) is 25.3 Å². The Hall–Kier alpha value is 0.790. The third-order valence-corrected chi connectivity index (χ3v) is 11.5. The monoisotopic (exact) mass is 364 g/mol. The minimum absolute atomic E-state index is 0.710. The van der Waals surface area contributed by atoms with Gasteiger partial charge >= 0.3 is 0 Å². The van der Waals surface area contributed by atoms with Crippen molar-refractivity contribution < 1.29 is 0 Å². The molecule has 5 fully saturated rings. The first-order valence-electron chi connectivity index (χ1n) is 9.87. The maximum atomic E-state index is 4.89. The van der Waals surface area contributed by atoms with E-state index in [0.29, 0.717) is 10.7 Å². The fourth-order valence-electron chi connectivity index (χ4n) is 8.24. The van der Waals surface area contributed by atoms with E-state index in [2.05, 4.69) is 17.8 Å². The van der Waals surface area contributed by atoms with E-state index < -0.39 is 0 Å². The van der Waals surface area contributed by atoms with Crippen LogP contribution < -0.4 is 0 Å². The molecule has 5 saturated carbocycles. The van der Waals surface area contributed by atoms with Crippen molar-refractivity contribution in [2.75, 3.05) is 0 Å². The van der Waals surface area contributed by atoms with Crippen LogP contribution in [-0.2, 0) is 0 Å². The van der Waals surface area contributed by atoms with Crippen LogP contribution in [0, 0.1) is 40.9 Å². The molecule has 0 heterocycles. The van der Waals surface area contributed by atoms with Crippen LogP contribution in [0.15, 0.2) is 11.0 Å². The van der Waals surface area contributed by atoms with Gasteiger partial charge in [0, 0.05) is 15.7 Å². The zero-order chi connectivity index (χ0) is 15.3. The van der Waals surface area contributed by atoms with E-state index in [-0.39, 0.29) is 0 Å². The highest BCUT2D eigenvalue weighted by atomic mass is 32.2. The third-order valence-electron chi connectivity index (χ3n) is 8.93. The molecule has 0 amide bonds. The van der Waals surface area contributed by atoms with Crippen LogP contribution in [0.1, 0.15) is 51.4 Å². The Morgan fingerprint density at radius 1 is 1.09 bits per heavy atom. The van der Waals surface area contributed by atoms with Crippen LogP contribution in [0.4, 0.5) is 0 Å². The maximum Gasteiger partial charge on any atom is 0.0112 e. The topological polar surface area (TPSA) is 0 Å². The SMILES string of the molecule is SC1=CC2C3CC(S[C@@H]4CC5CCC46CC(S)CC56)C(C3)C2C1. The summed E-state index contributed by atoms with van der Waals surface area (Å²) in [7, 11) is 0. The molecule has 0 nitrogen and oxygen atoms in total. The van der Waals surface area contributed by atoms with Gasteiger partial charge in [-0.1, -0.05) is 6.08 Å². The van der Waals surface area contributed by atoms with E-state index in [1.54, 1.807) is 6.42 Å². The predicted octanol–water partition coefficient (Wildman–Crippen LogP) is 5.45. The molecule has 0 aliphatic heterocycles. The number of hydrogen-bond acceptors (Lipinski definition) is 3. The fraction of sp³-hybridized carbons (Fsp3) is 0.900. The van der Waals surface area contributed by atoms with Crippen LogP contribution in [0.2, 0.25) is 0 Å². The molecule has 0 radical (unpaired) electrons. The van der Waals surface area contributed by atoms with Gasteiger partial charge in [0.05, 0.1) is 0 Å². The lowest BCUT2D eigenvalue weighted by molar-refractivity contribution is 0.266. The summed E-state index contributed by atoms with van der Waals surface area (Å²) in [6, 6.07) is 0. The number of fused-ring (bicyclic) bond motifs is 5. The smallest absolute Gasteiger partial charge is 0.0112 e. The minimum Gasteiger partial charge on any atom is -0.176 e. The molecule has 0 N–H and O–H groups in total. The minimum atomic E-state index is 0.710. The Morgan fingerprint density at radius 2 is 2.00 bits per heavy atom. The summed E-state index contributed by atoms with van der Waals surface area (Å²) in [5.74, 6) is 5.99. The second-order valence-electron chi connectivity index (χ2n) is 9.63. The lowest BCUT2D eigenvalue weighted by Crippen LogP contribution is -2.34. The standard InChI is InChI=1S/C20H28S3/c21-12-6-14-11-3-16(15(14)7-12)18(4-11)23-19-5-10-1-2-20(19)9-13(22)8-17(10)20/h6,10-11,13-19,21-22H,1-5,7-9H2/t10?,11?,13?,14?,15?,16?,17?,18?,19-,20?/m1/s1. The van der Waals surface area contributed by atoms with Crippen LogP contribution in [0.25, 0.3) is 0 Å². The van der Waals surface area contributed by atoms with Crippen molar-refractivity contribution >= 4 is 37.0 Å². The molecule has 6 aliphatic carbocycles. The molecule has 126 valence electrons. The normalized spacial score (nSPS) is 62.0. The van der Waals surface area contributed by atoms with Crippen molar-refractivity contribution in [1.29, 1.82) is 0 Å². The summed E-state index contributed by atoms with van der Waals surface area (Å²) in [4.78, 5) is 1.40. The highest BCUT2D eigenvalue weighted by Gasteiger charge is 2.64. The molecular formula is C20H28S3. The molecule has 4 bridgehead atoms. The van der Waals surface area contributed by atoms with Crippen LogP contribution >= 0.6 is 37.0 Å². The molecule has 9 unspecified atom stereocenters. The van der Waals surface area contributed by atoms with Crippen molar-refractivity contribution in [2.24, 2.45) is 40.9 Å². The van der Waals surface area contributed by atoms with Crippen molar-refractivity contribution in [3.8, 4) is 0 Å². The quantitative estimate of drug-likeness (QED) is 0.614. The van der Waals surface area contributed by atoms with Crippen molar-refractivity contribution in [2.45, 2.75) is 67.1 Å². The predicted molar refractivity (Wildman–Crippen MR) is 105 cm³/mol. The number of rotatable bonds is 2. The summed E-state index contributed by atoms with van der Waals surface area (Å²) in [6.07, 6.45) is 14.4. The Balaban J connectivity index is 1.22. The summed E-state index contributed by atoms with van der Waals surface area (Å²) < 4.78 is 0. The van der Waals surface area contributed by atoms with Crippen molar-refractivity contribution in [1.82, 2.24) is 0 Å². The Kier molecular flexibility index (Phi) is 3.20. The van der Waals surface area contributed by atoms with E-state index >= 15 is 0 Å². The fourth-order valence-corrected chi connectivity index (χ4v) is 11.5. The molecule has 0 aromatic heterocycles. The molecular weight excluding hydrogens is 336 g/mol. The average Bonchev–Trinajstić information content (AvgIpc) is 3.26. The van der Waals surface area contributed by atoms with Gasteiger partial charge in [-0.25, -0.2) is 0 Å². The van der Waals surface area contributed by atoms with Gasteiger partial charge in [0.25, 0.3) is 0 Å². The first-order chi connectivity index (χ1) is 11.1. The van der Waals surface area contributed by atoms with Gasteiger partial charge < -0.3 is 0 Å². The second-order valence-corrected chi connectivity index (χ2v) is 12.4. The molecule has 23 heavy (non-hydrogen) atoms. The molecule has 10 atom stereocenters. The Morgan fingerprint density at radius 3 is 2.91 bits per heavy atom. The van der Waals surface area contributed by atoms with Crippen molar-refractivity contribution in [3.05, 3.63) is 11.0 Å². The molecule has 0 spiro atoms. The zero-order valence-corrected chi connectivity index (χ0v) is 16.3. The van der Waals surface area contributed by atoms with E-state index in [1.165, 1.54) is 49.9 Å². The van der Waals surface area contributed by atoms with Gasteiger partial charge in [0.2, 0.25) is 0 Å². The molecule has 0 saturated heterocycles. The number of thioether (sulfide) groups is 1. The summed E-state index contributed by atoms with van der Waals surface area (Å²) in [5.41, 5.74) is 0.714. The van der Waals surface area contributed by atoms with Gasteiger partial charge in [-0.3, -0.25) is 0 Å². The molecule has 0 aromatic rings. The first kappa shape index (κ1) is 14.9. The van der Waals surface area contributed by atoms with Gasteiger partial charge in [-0.2, -0.15) is 24.4 Å². The Bertz CT molecular complexity index is 571. The van der Waals surface area contributed by atoms with Crippen molar-refractivity contribution in [3.63, 3.8) is 0 Å². The summed E-state index contributed by atoms with van der Waals surface area (Å²) >= 11 is 12.1. The zero-order valence-electron chi connectivity index (χ0n) is 13.7. The maximum absolute atomic E-state index is 4.89. The van der Waals surface area contributed by atoms with Gasteiger partial charge in [0.15, 0.2) is 0 Å².